The second kappa shape index (κ2) is 7.73. The van der Waals surface area contributed by atoms with Crippen LogP contribution in [-0.4, -0.2) is 35.3 Å². The first kappa shape index (κ1) is 16.2. The number of ether oxygens (including phenoxy) is 2. The van der Waals surface area contributed by atoms with Crippen LogP contribution in [0.5, 0.6) is 11.5 Å². The van der Waals surface area contributed by atoms with Gasteiger partial charge in [0, 0.05) is 25.9 Å². The lowest BCUT2D eigenvalue weighted by molar-refractivity contribution is 0.0894. The normalized spacial score (nSPS) is 15.1. The van der Waals surface area contributed by atoms with Gasteiger partial charge >= 0.3 is 6.09 Å². The molecule has 24 heavy (non-hydrogen) atoms. The standard InChI is InChI=1S/C19H21NO4/c21-19(22)20-12-10-18(11-13-20)24-17-8-6-16(7-9-17)23-14-15-4-2-1-3-5-15/h1-9,18H,10-14H2,(H,21,22). The van der Waals surface area contributed by atoms with Crippen molar-refractivity contribution in [2.75, 3.05) is 13.1 Å². The Hall–Kier alpha value is -2.69. The Balaban J connectivity index is 1.47. The van der Waals surface area contributed by atoms with E-state index in [1.54, 1.807) is 0 Å². The predicted octanol–water partition coefficient (Wildman–Crippen LogP) is 3.79. The molecule has 0 saturated carbocycles. The quantitative estimate of drug-likeness (QED) is 0.908. The Morgan fingerprint density at radius 1 is 1.00 bits per heavy atom. The van der Waals surface area contributed by atoms with Gasteiger partial charge in [0.15, 0.2) is 0 Å². The van der Waals surface area contributed by atoms with Crippen molar-refractivity contribution in [1.29, 1.82) is 0 Å². The van der Waals surface area contributed by atoms with Crippen LogP contribution in [0.1, 0.15) is 18.4 Å². The summed E-state index contributed by atoms with van der Waals surface area (Å²) in [4.78, 5) is 12.3. The average molecular weight is 327 g/mol. The van der Waals surface area contributed by atoms with Crippen molar-refractivity contribution in [3.8, 4) is 11.5 Å². The third-order valence-corrected chi connectivity index (χ3v) is 4.09. The van der Waals surface area contributed by atoms with Crippen molar-refractivity contribution in [2.45, 2.75) is 25.6 Å². The topological polar surface area (TPSA) is 59.0 Å². The fourth-order valence-electron chi connectivity index (χ4n) is 2.71. The molecule has 2 aromatic carbocycles. The molecule has 1 aliphatic heterocycles. The molecular weight excluding hydrogens is 306 g/mol. The summed E-state index contributed by atoms with van der Waals surface area (Å²) in [6.45, 7) is 1.59. The number of amides is 1. The van der Waals surface area contributed by atoms with E-state index in [9.17, 15) is 4.79 Å². The molecule has 5 heteroatoms. The van der Waals surface area contributed by atoms with Crippen molar-refractivity contribution in [1.82, 2.24) is 4.90 Å². The van der Waals surface area contributed by atoms with Crippen LogP contribution in [0.15, 0.2) is 54.6 Å². The van der Waals surface area contributed by atoms with Gasteiger partial charge in [-0.2, -0.15) is 0 Å². The number of nitrogens with zero attached hydrogens (tertiary/aromatic N) is 1. The second-order valence-corrected chi connectivity index (χ2v) is 5.83. The van der Waals surface area contributed by atoms with Gasteiger partial charge in [-0.05, 0) is 29.8 Å². The van der Waals surface area contributed by atoms with Crippen LogP contribution in [-0.2, 0) is 6.61 Å². The minimum atomic E-state index is -0.853. The van der Waals surface area contributed by atoms with E-state index < -0.39 is 6.09 Å². The molecule has 3 rings (SSSR count). The highest BCUT2D eigenvalue weighted by Crippen LogP contribution is 2.22. The molecule has 0 bridgehead atoms. The van der Waals surface area contributed by atoms with Gasteiger partial charge < -0.3 is 19.5 Å². The molecule has 1 heterocycles. The Morgan fingerprint density at radius 3 is 2.25 bits per heavy atom. The van der Waals surface area contributed by atoms with Crippen molar-refractivity contribution >= 4 is 6.09 Å². The highest BCUT2D eigenvalue weighted by molar-refractivity contribution is 5.65. The number of piperidine rings is 1. The van der Waals surface area contributed by atoms with Crippen LogP contribution < -0.4 is 9.47 Å². The van der Waals surface area contributed by atoms with Crippen LogP contribution in [0.25, 0.3) is 0 Å². The average Bonchev–Trinajstić information content (AvgIpc) is 2.62. The lowest BCUT2D eigenvalue weighted by Gasteiger charge is -2.30. The number of carboxylic acid groups (broad SMARTS) is 1. The lowest BCUT2D eigenvalue weighted by Crippen LogP contribution is -2.41. The Kier molecular flexibility index (Phi) is 5.21. The molecule has 0 aromatic heterocycles. The lowest BCUT2D eigenvalue weighted by atomic mass is 10.1. The van der Waals surface area contributed by atoms with E-state index in [2.05, 4.69) is 0 Å². The van der Waals surface area contributed by atoms with Crippen LogP contribution in [0.3, 0.4) is 0 Å². The summed E-state index contributed by atoms with van der Waals surface area (Å²) in [5.74, 6) is 1.59. The summed E-state index contributed by atoms with van der Waals surface area (Å²) >= 11 is 0. The first-order valence-electron chi connectivity index (χ1n) is 8.12. The van der Waals surface area contributed by atoms with Gasteiger partial charge in [-0.3, -0.25) is 0 Å². The van der Waals surface area contributed by atoms with Gasteiger partial charge in [-0.1, -0.05) is 30.3 Å². The largest absolute Gasteiger partial charge is 0.490 e. The van der Waals surface area contributed by atoms with Crippen molar-refractivity contribution < 1.29 is 19.4 Å². The van der Waals surface area contributed by atoms with Crippen molar-refractivity contribution in [2.24, 2.45) is 0 Å². The zero-order valence-electron chi connectivity index (χ0n) is 13.4. The molecule has 0 spiro atoms. The van der Waals surface area contributed by atoms with Gasteiger partial charge in [0.2, 0.25) is 0 Å². The number of benzene rings is 2. The molecular formula is C19H21NO4. The number of hydrogen-bond donors (Lipinski definition) is 1. The SMILES string of the molecule is O=C(O)N1CCC(Oc2ccc(OCc3ccccc3)cc2)CC1. The molecule has 1 saturated heterocycles. The van der Waals surface area contributed by atoms with Crippen molar-refractivity contribution in [3.63, 3.8) is 0 Å². The number of hydrogen-bond acceptors (Lipinski definition) is 3. The summed E-state index contributed by atoms with van der Waals surface area (Å²) in [6.07, 6.45) is 0.655. The first-order chi connectivity index (χ1) is 11.7. The van der Waals surface area contributed by atoms with Crippen LogP contribution >= 0.6 is 0 Å². The molecule has 0 aliphatic carbocycles. The number of likely N-dealkylation sites (tertiary alicyclic amines) is 1. The third kappa shape index (κ3) is 4.41. The molecule has 0 radical (unpaired) electrons. The molecule has 1 amide bonds. The van der Waals surface area contributed by atoms with Gasteiger partial charge in [-0.25, -0.2) is 4.79 Å². The molecule has 126 valence electrons. The summed E-state index contributed by atoms with van der Waals surface area (Å²) < 4.78 is 11.7. The van der Waals surface area contributed by atoms with E-state index in [4.69, 9.17) is 14.6 Å². The van der Waals surface area contributed by atoms with Crippen LogP contribution in [0, 0.1) is 0 Å². The highest BCUT2D eigenvalue weighted by atomic mass is 16.5. The number of rotatable bonds is 5. The minimum Gasteiger partial charge on any atom is -0.490 e. The molecule has 1 fully saturated rings. The minimum absolute atomic E-state index is 0.0664. The molecule has 5 nitrogen and oxygen atoms in total. The number of carbonyl (C=O) groups is 1. The van der Waals surface area contributed by atoms with Gasteiger partial charge in [0.25, 0.3) is 0 Å². The van der Waals surface area contributed by atoms with Crippen molar-refractivity contribution in [3.05, 3.63) is 60.2 Å². The van der Waals surface area contributed by atoms with Crippen LogP contribution in [0.2, 0.25) is 0 Å². The summed E-state index contributed by atoms with van der Waals surface area (Å²) in [7, 11) is 0. The first-order valence-corrected chi connectivity index (χ1v) is 8.12. The smallest absolute Gasteiger partial charge is 0.407 e. The fraction of sp³-hybridized carbons (Fsp3) is 0.316. The Bertz CT molecular complexity index is 649. The maximum atomic E-state index is 10.9. The third-order valence-electron chi connectivity index (χ3n) is 4.09. The molecule has 0 unspecified atom stereocenters. The predicted molar refractivity (Wildman–Crippen MR) is 90.5 cm³/mol. The summed E-state index contributed by atoms with van der Waals surface area (Å²) in [5, 5.41) is 8.95. The van der Waals surface area contributed by atoms with Gasteiger partial charge in [-0.15, -0.1) is 0 Å². The highest BCUT2D eigenvalue weighted by Gasteiger charge is 2.23. The summed E-state index contributed by atoms with van der Waals surface area (Å²) in [6, 6.07) is 17.6. The van der Waals surface area contributed by atoms with Gasteiger partial charge in [0.1, 0.15) is 24.2 Å². The zero-order chi connectivity index (χ0) is 16.8. The van der Waals surface area contributed by atoms with E-state index in [0.717, 1.165) is 29.9 Å². The Morgan fingerprint density at radius 2 is 1.62 bits per heavy atom. The monoisotopic (exact) mass is 327 g/mol. The Labute approximate surface area is 141 Å². The van der Waals surface area contributed by atoms with E-state index in [0.29, 0.717) is 19.7 Å². The molecule has 1 N–H and O–H groups in total. The molecule has 2 aromatic rings. The molecule has 1 aliphatic rings. The second-order valence-electron chi connectivity index (χ2n) is 5.83. The van der Waals surface area contributed by atoms with E-state index in [1.165, 1.54) is 4.90 Å². The van der Waals surface area contributed by atoms with E-state index >= 15 is 0 Å². The summed E-state index contributed by atoms with van der Waals surface area (Å²) in [5.41, 5.74) is 1.13. The van der Waals surface area contributed by atoms with Gasteiger partial charge in [0.05, 0.1) is 0 Å². The van der Waals surface area contributed by atoms with E-state index in [-0.39, 0.29) is 6.10 Å². The van der Waals surface area contributed by atoms with Crippen LogP contribution in [0.4, 0.5) is 4.79 Å². The fourth-order valence-corrected chi connectivity index (χ4v) is 2.71. The maximum Gasteiger partial charge on any atom is 0.407 e. The van der Waals surface area contributed by atoms with E-state index in [1.807, 2.05) is 54.6 Å². The maximum absolute atomic E-state index is 10.9. The zero-order valence-corrected chi connectivity index (χ0v) is 13.4. The molecule has 0 atom stereocenters.